The van der Waals surface area contributed by atoms with Crippen molar-refractivity contribution in [2.75, 3.05) is 17.2 Å². The first-order valence-corrected chi connectivity index (χ1v) is 7.82. The van der Waals surface area contributed by atoms with E-state index in [0.29, 0.717) is 0 Å². The van der Waals surface area contributed by atoms with E-state index in [2.05, 4.69) is 10.6 Å². The molecule has 0 atom stereocenters. The van der Waals surface area contributed by atoms with Crippen LogP contribution in [0.2, 0.25) is 0 Å². The summed E-state index contributed by atoms with van der Waals surface area (Å²) in [4.78, 5) is 12.1. The Labute approximate surface area is 137 Å². The number of para-hydroxylation sites is 1. The van der Waals surface area contributed by atoms with E-state index in [-0.39, 0.29) is 18.6 Å². The summed E-state index contributed by atoms with van der Waals surface area (Å²) in [6, 6.07) is 13.5. The van der Waals surface area contributed by atoms with Crippen LogP contribution in [0.1, 0.15) is 25.0 Å². The van der Waals surface area contributed by atoms with Gasteiger partial charge in [-0.25, -0.2) is 0 Å². The average molecular weight is 312 g/mol. The second kappa shape index (κ2) is 7.68. The Balaban J connectivity index is 1.90. The van der Waals surface area contributed by atoms with E-state index < -0.39 is 0 Å². The maximum atomic E-state index is 12.1. The number of rotatable bonds is 6. The highest BCUT2D eigenvalue weighted by Crippen LogP contribution is 2.19. The van der Waals surface area contributed by atoms with E-state index in [9.17, 15) is 4.79 Å². The molecule has 0 aromatic heterocycles. The number of amides is 1. The van der Waals surface area contributed by atoms with Crippen molar-refractivity contribution in [2.24, 2.45) is 0 Å². The van der Waals surface area contributed by atoms with E-state index in [4.69, 9.17) is 4.74 Å². The lowest BCUT2D eigenvalue weighted by Crippen LogP contribution is -2.22. The first-order valence-electron chi connectivity index (χ1n) is 7.82. The molecule has 0 saturated heterocycles. The molecule has 2 aromatic rings. The number of aryl methyl sites for hydroxylation is 2. The van der Waals surface area contributed by atoms with Crippen molar-refractivity contribution < 1.29 is 9.53 Å². The zero-order valence-corrected chi connectivity index (χ0v) is 14.1. The van der Waals surface area contributed by atoms with Gasteiger partial charge in [0, 0.05) is 11.4 Å². The predicted molar refractivity (Wildman–Crippen MR) is 95.2 cm³/mol. The molecule has 0 fully saturated rings. The minimum Gasteiger partial charge on any atom is -0.491 e. The molecule has 4 nitrogen and oxygen atoms in total. The van der Waals surface area contributed by atoms with Crippen molar-refractivity contribution in [2.45, 2.75) is 33.8 Å². The van der Waals surface area contributed by atoms with Gasteiger partial charge in [0.2, 0.25) is 5.91 Å². The number of hydrogen-bond donors (Lipinski definition) is 2. The smallest absolute Gasteiger partial charge is 0.243 e. The largest absolute Gasteiger partial charge is 0.491 e. The first kappa shape index (κ1) is 16.9. The normalized spacial score (nSPS) is 10.5. The molecular weight excluding hydrogens is 288 g/mol. The van der Waals surface area contributed by atoms with E-state index in [1.165, 1.54) is 0 Å². The lowest BCUT2D eigenvalue weighted by Gasteiger charge is -2.13. The SMILES string of the molecule is Cc1cccc(C)c1NCC(=O)Nc1ccc(OC(C)C)cc1. The number of carbonyl (C=O) groups is 1. The quantitative estimate of drug-likeness (QED) is 0.843. The van der Waals surface area contributed by atoms with Crippen molar-refractivity contribution >= 4 is 17.3 Å². The highest BCUT2D eigenvalue weighted by molar-refractivity contribution is 5.94. The van der Waals surface area contributed by atoms with Crippen molar-refractivity contribution in [3.05, 3.63) is 53.6 Å². The highest BCUT2D eigenvalue weighted by Gasteiger charge is 2.06. The highest BCUT2D eigenvalue weighted by atomic mass is 16.5. The molecule has 122 valence electrons. The van der Waals surface area contributed by atoms with Crippen LogP contribution in [0.15, 0.2) is 42.5 Å². The minimum absolute atomic E-state index is 0.0785. The van der Waals surface area contributed by atoms with Gasteiger partial charge >= 0.3 is 0 Å². The van der Waals surface area contributed by atoms with E-state index in [1.54, 1.807) is 0 Å². The lowest BCUT2D eigenvalue weighted by atomic mass is 10.1. The molecule has 2 rings (SSSR count). The molecule has 0 radical (unpaired) electrons. The summed E-state index contributed by atoms with van der Waals surface area (Å²) in [5, 5.41) is 6.08. The van der Waals surface area contributed by atoms with Crippen LogP contribution >= 0.6 is 0 Å². The van der Waals surface area contributed by atoms with Gasteiger partial charge in [-0.15, -0.1) is 0 Å². The van der Waals surface area contributed by atoms with Gasteiger partial charge in [0.1, 0.15) is 5.75 Å². The molecule has 0 aliphatic carbocycles. The summed E-state index contributed by atoms with van der Waals surface area (Å²) < 4.78 is 5.58. The fourth-order valence-corrected chi connectivity index (χ4v) is 2.36. The average Bonchev–Trinajstić information content (AvgIpc) is 2.48. The summed E-state index contributed by atoms with van der Waals surface area (Å²) >= 11 is 0. The van der Waals surface area contributed by atoms with Gasteiger partial charge in [-0.3, -0.25) is 4.79 Å². The van der Waals surface area contributed by atoms with Gasteiger partial charge in [0.25, 0.3) is 0 Å². The van der Waals surface area contributed by atoms with Crippen LogP contribution in [0.25, 0.3) is 0 Å². The fraction of sp³-hybridized carbons (Fsp3) is 0.316. The summed E-state index contributed by atoms with van der Waals surface area (Å²) in [6.07, 6.45) is 0.136. The van der Waals surface area contributed by atoms with Gasteiger partial charge in [0.05, 0.1) is 12.6 Å². The summed E-state index contributed by atoms with van der Waals surface area (Å²) in [6.45, 7) is 8.25. The zero-order valence-electron chi connectivity index (χ0n) is 14.1. The molecule has 2 N–H and O–H groups in total. The van der Waals surface area contributed by atoms with Gasteiger partial charge in [-0.05, 0) is 63.1 Å². The van der Waals surface area contributed by atoms with Crippen LogP contribution in [0.3, 0.4) is 0 Å². The maximum Gasteiger partial charge on any atom is 0.243 e. The van der Waals surface area contributed by atoms with Crippen LogP contribution in [-0.4, -0.2) is 18.6 Å². The van der Waals surface area contributed by atoms with Gasteiger partial charge in [-0.1, -0.05) is 18.2 Å². The van der Waals surface area contributed by atoms with Crippen molar-refractivity contribution in [1.29, 1.82) is 0 Å². The summed E-state index contributed by atoms with van der Waals surface area (Å²) in [5.74, 6) is 0.719. The molecule has 0 saturated carbocycles. The Morgan fingerprint density at radius 1 is 1.04 bits per heavy atom. The Bertz CT molecular complexity index is 643. The van der Waals surface area contributed by atoms with E-state index >= 15 is 0 Å². The molecule has 4 heteroatoms. The van der Waals surface area contributed by atoms with Crippen LogP contribution in [0.5, 0.6) is 5.75 Å². The maximum absolute atomic E-state index is 12.1. The second-order valence-corrected chi connectivity index (χ2v) is 5.86. The molecule has 2 aromatic carbocycles. The number of benzene rings is 2. The van der Waals surface area contributed by atoms with Crippen LogP contribution < -0.4 is 15.4 Å². The third-order valence-corrected chi connectivity index (χ3v) is 3.42. The molecule has 0 bridgehead atoms. The monoisotopic (exact) mass is 312 g/mol. The fourth-order valence-electron chi connectivity index (χ4n) is 2.36. The second-order valence-electron chi connectivity index (χ2n) is 5.86. The predicted octanol–water partition coefficient (Wildman–Crippen LogP) is 4.14. The van der Waals surface area contributed by atoms with Crippen LogP contribution in [0, 0.1) is 13.8 Å². The molecule has 0 heterocycles. The van der Waals surface area contributed by atoms with Crippen molar-refractivity contribution in [3.63, 3.8) is 0 Å². The van der Waals surface area contributed by atoms with Crippen molar-refractivity contribution in [3.8, 4) is 5.75 Å². The topological polar surface area (TPSA) is 50.4 Å². The standard InChI is InChI=1S/C19H24N2O2/c1-13(2)23-17-10-8-16(9-11-17)21-18(22)12-20-19-14(3)6-5-7-15(19)4/h5-11,13,20H,12H2,1-4H3,(H,21,22). The van der Waals surface area contributed by atoms with E-state index in [0.717, 1.165) is 28.3 Å². The molecule has 0 aliphatic rings. The molecule has 0 aliphatic heterocycles. The first-order chi connectivity index (χ1) is 11.0. The number of ether oxygens (including phenoxy) is 1. The number of carbonyl (C=O) groups excluding carboxylic acids is 1. The number of anilines is 2. The van der Waals surface area contributed by atoms with Crippen molar-refractivity contribution in [1.82, 2.24) is 0 Å². The van der Waals surface area contributed by atoms with E-state index in [1.807, 2.05) is 70.2 Å². The Kier molecular flexibility index (Phi) is 5.63. The van der Waals surface area contributed by atoms with Crippen LogP contribution in [-0.2, 0) is 4.79 Å². The minimum atomic E-state index is -0.0785. The molecule has 0 spiro atoms. The molecule has 1 amide bonds. The number of hydrogen-bond acceptors (Lipinski definition) is 3. The van der Waals surface area contributed by atoms with Gasteiger partial charge in [-0.2, -0.15) is 0 Å². The van der Waals surface area contributed by atoms with Gasteiger partial charge < -0.3 is 15.4 Å². The lowest BCUT2D eigenvalue weighted by molar-refractivity contribution is -0.114. The molecule has 23 heavy (non-hydrogen) atoms. The third-order valence-electron chi connectivity index (χ3n) is 3.42. The Morgan fingerprint density at radius 2 is 1.65 bits per heavy atom. The summed E-state index contributed by atoms with van der Waals surface area (Å²) in [5.41, 5.74) is 4.04. The summed E-state index contributed by atoms with van der Waals surface area (Å²) in [7, 11) is 0. The Morgan fingerprint density at radius 3 is 2.22 bits per heavy atom. The Hall–Kier alpha value is -2.49. The number of nitrogens with one attached hydrogen (secondary N) is 2. The van der Waals surface area contributed by atoms with Gasteiger partial charge in [0.15, 0.2) is 0 Å². The van der Waals surface area contributed by atoms with Crippen LogP contribution in [0.4, 0.5) is 11.4 Å². The third kappa shape index (κ3) is 5.02. The zero-order chi connectivity index (χ0) is 16.8. The molecule has 0 unspecified atom stereocenters. The molecular formula is C19H24N2O2.